The number of nitrogens with zero attached hydrogens (tertiary/aromatic N) is 3. The highest BCUT2D eigenvalue weighted by atomic mass is 35.5. The Hall–Kier alpha value is -2.05. The van der Waals surface area contributed by atoms with E-state index in [-0.39, 0.29) is 18.3 Å². The minimum absolute atomic E-state index is 0. The molecule has 25 heavy (non-hydrogen) atoms. The molecule has 0 bridgehead atoms. The summed E-state index contributed by atoms with van der Waals surface area (Å²) in [6, 6.07) is 5.91. The Balaban J connectivity index is 0.00000225. The first-order valence-corrected chi connectivity index (χ1v) is 8.46. The minimum Gasteiger partial charge on any atom is -0.469 e. The molecule has 1 saturated heterocycles. The van der Waals surface area contributed by atoms with Crippen molar-refractivity contribution in [3.8, 4) is 0 Å². The number of piperidine rings is 1. The van der Waals surface area contributed by atoms with Gasteiger partial charge >= 0.3 is 0 Å². The molecule has 1 aliphatic rings. The van der Waals surface area contributed by atoms with Gasteiger partial charge in [-0.3, -0.25) is 9.48 Å². The minimum atomic E-state index is -0.0658. The normalized spacial score (nSPS) is 16.9. The first kappa shape index (κ1) is 19.3. The Morgan fingerprint density at radius 2 is 2.40 bits per heavy atom. The van der Waals surface area contributed by atoms with Gasteiger partial charge in [-0.1, -0.05) is 6.08 Å². The van der Waals surface area contributed by atoms with Crippen LogP contribution in [0.5, 0.6) is 0 Å². The Labute approximate surface area is 154 Å². The van der Waals surface area contributed by atoms with E-state index in [0.29, 0.717) is 31.2 Å². The first-order chi connectivity index (χ1) is 11.8. The van der Waals surface area contributed by atoms with E-state index in [1.807, 2.05) is 23.0 Å². The Kier molecular flexibility index (Phi) is 7.28. The molecule has 0 saturated carbocycles. The van der Waals surface area contributed by atoms with Crippen LogP contribution in [-0.4, -0.2) is 46.8 Å². The van der Waals surface area contributed by atoms with Crippen LogP contribution in [0.3, 0.4) is 0 Å². The van der Waals surface area contributed by atoms with Crippen molar-refractivity contribution in [2.45, 2.75) is 25.3 Å². The number of hydrogen-bond acceptors (Lipinski definition) is 4. The van der Waals surface area contributed by atoms with Crippen LogP contribution < -0.4 is 5.32 Å². The zero-order valence-corrected chi connectivity index (χ0v) is 15.1. The Morgan fingerprint density at radius 3 is 3.08 bits per heavy atom. The van der Waals surface area contributed by atoms with Gasteiger partial charge in [0.2, 0.25) is 0 Å². The summed E-state index contributed by atoms with van der Waals surface area (Å²) in [7, 11) is 0. The maximum atomic E-state index is 12.7. The largest absolute Gasteiger partial charge is 0.469 e. The molecule has 7 heteroatoms. The van der Waals surface area contributed by atoms with Gasteiger partial charge in [0, 0.05) is 32.3 Å². The number of nitrogens with one attached hydrogen (secondary N) is 1. The third-order valence-corrected chi connectivity index (χ3v) is 4.32. The van der Waals surface area contributed by atoms with E-state index >= 15 is 0 Å². The van der Waals surface area contributed by atoms with Crippen LogP contribution in [0.2, 0.25) is 0 Å². The fourth-order valence-corrected chi connectivity index (χ4v) is 3.01. The smallest absolute Gasteiger partial charge is 0.274 e. The quantitative estimate of drug-likeness (QED) is 0.767. The SMILES string of the molecule is C=CCN(CCc1ccco1)C(=O)c1ccn(C2CCCNC2)n1.Cl. The molecule has 3 rings (SSSR count). The van der Waals surface area contributed by atoms with E-state index in [4.69, 9.17) is 4.42 Å². The van der Waals surface area contributed by atoms with Crippen LogP contribution in [0, 0.1) is 0 Å². The highest BCUT2D eigenvalue weighted by Crippen LogP contribution is 2.16. The second-order valence-corrected chi connectivity index (χ2v) is 6.05. The second-order valence-electron chi connectivity index (χ2n) is 6.05. The standard InChI is InChI=1S/C18H24N4O2.ClH/c1-2-10-21(11-7-16-6-4-13-24-16)18(23)17-8-12-22(20-17)15-5-3-9-19-14-15;/h2,4,6,8,12-13,15,19H,1,3,5,7,9-11,14H2;1H. The van der Waals surface area contributed by atoms with Crippen molar-refractivity contribution in [3.05, 3.63) is 54.8 Å². The number of carbonyl (C=O) groups is 1. The van der Waals surface area contributed by atoms with Gasteiger partial charge in [0.25, 0.3) is 5.91 Å². The number of furan rings is 1. The van der Waals surface area contributed by atoms with Gasteiger partial charge in [0.1, 0.15) is 11.5 Å². The molecule has 136 valence electrons. The molecule has 0 aliphatic carbocycles. The van der Waals surface area contributed by atoms with Crippen LogP contribution in [0.15, 0.2) is 47.7 Å². The van der Waals surface area contributed by atoms with Crippen molar-refractivity contribution in [1.82, 2.24) is 20.0 Å². The number of hydrogen-bond donors (Lipinski definition) is 1. The molecule has 0 radical (unpaired) electrons. The van der Waals surface area contributed by atoms with Crippen LogP contribution >= 0.6 is 12.4 Å². The van der Waals surface area contributed by atoms with Crippen LogP contribution in [0.25, 0.3) is 0 Å². The summed E-state index contributed by atoms with van der Waals surface area (Å²) < 4.78 is 7.26. The van der Waals surface area contributed by atoms with E-state index in [2.05, 4.69) is 17.0 Å². The molecule has 1 aliphatic heterocycles. The Bertz CT molecular complexity index is 662. The predicted octanol–water partition coefficient (Wildman–Crippen LogP) is 2.69. The van der Waals surface area contributed by atoms with Crippen molar-refractivity contribution in [2.75, 3.05) is 26.2 Å². The fraction of sp³-hybridized carbons (Fsp3) is 0.444. The lowest BCUT2D eigenvalue weighted by Gasteiger charge is -2.23. The van der Waals surface area contributed by atoms with E-state index in [1.54, 1.807) is 23.3 Å². The fourth-order valence-electron chi connectivity index (χ4n) is 3.01. The molecule has 1 unspecified atom stereocenters. The van der Waals surface area contributed by atoms with Gasteiger partial charge in [0.15, 0.2) is 0 Å². The third kappa shape index (κ3) is 4.96. The third-order valence-electron chi connectivity index (χ3n) is 4.32. The highest BCUT2D eigenvalue weighted by molar-refractivity contribution is 5.92. The van der Waals surface area contributed by atoms with Crippen LogP contribution in [0.4, 0.5) is 0 Å². The van der Waals surface area contributed by atoms with Crippen molar-refractivity contribution in [3.63, 3.8) is 0 Å². The summed E-state index contributed by atoms with van der Waals surface area (Å²) in [5, 5.41) is 7.88. The summed E-state index contributed by atoms with van der Waals surface area (Å²) in [5.74, 6) is 0.805. The van der Waals surface area contributed by atoms with Gasteiger partial charge in [-0.05, 0) is 37.6 Å². The molecule has 1 N–H and O–H groups in total. The molecule has 2 aromatic rings. The van der Waals surface area contributed by atoms with Gasteiger partial charge in [0.05, 0.1) is 12.3 Å². The number of carbonyl (C=O) groups excluding carboxylic acids is 1. The molecule has 0 spiro atoms. The van der Waals surface area contributed by atoms with Crippen molar-refractivity contribution < 1.29 is 9.21 Å². The zero-order chi connectivity index (χ0) is 16.8. The molecule has 1 fully saturated rings. The monoisotopic (exact) mass is 364 g/mol. The maximum absolute atomic E-state index is 12.7. The molecule has 1 amide bonds. The number of halogens is 1. The lowest BCUT2D eigenvalue weighted by Crippen LogP contribution is -2.34. The predicted molar refractivity (Wildman–Crippen MR) is 99.1 cm³/mol. The maximum Gasteiger partial charge on any atom is 0.274 e. The van der Waals surface area contributed by atoms with Gasteiger partial charge < -0.3 is 14.6 Å². The highest BCUT2D eigenvalue weighted by Gasteiger charge is 2.21. The molecule has 3 heterocycles. The molecular formula is C18H25ClN4O2. The van der Waals surface area contributed by atoms with Gasteiger partial charge in [-0.25, -0.2) is 0 Å². The number of rotatable bonds is 7. The summed E-state index contributed by atoms with van der Waals surface area (Å²) in [5.41, 5.74) is 0.488. The lowest BCUT2D eigenvalue weighted by atomic mass is 10.1. The lowest BCUT2D eigenvalue weighted by molar-refractivity contribution is 0.0766. The molecule has 0 aromatic carbocycles. The van der Waals surface area contributed by atoms with Crippen LogP contribution in [0.1, 0.15) is 35.1 Å². The zero-order valence-electron chi connectivity index (χ0n) is 14.3. The first-order valence-electron chi connectivity index (χ1n) is 8.46. The van der Waals surface area contributed by atoms with Crippen molar-refractivity contribution in [2.24, 2.45) is 0 Å². The summed E-state index contributed by atoms with van der Waals surface area (Å²) in [4.78, 5) is 14.5. The van der Waals surface area contributed by atoms with E-state index in [1.165, 1.54) is 0 Å². The molecule has 1 atom stereocenters. The van der Waals surface area contributed by atoms with Crippen molar-refractivity contribution in [1.29, 1.82) is 0 Å². The molecular weight excluding hydrogens is 340 g/mol. The number of aromatic nitrogens is 2. The average molecular weight is 365 g/mol. The number of amides is 1. The van der Waals surface area contributed by atoms with E-state index in [9.17, 15) is 4.79 Å². The van der Waals surface area contributed by atoms with E-state index < -0.39 is 0 Å². The van der Waals surface area contributed by atoms with Crippen LogP contribution in [-0.2, 0) is 6.42 Å². The van der Waals surface area contributed by atoms with Crippen molar-refractivity contribution >= 4 is 18.3 Å². The summed E-state index contributed by atoms with van der Waals surface area (Å²) in [6.07, 6.45) is 8.21. The summed E-state index contributed by atoms with van der Waals surface area (Å²) >= 11 is 0. The molecule has 6 nitrogen and oxygen atoms in total. The second kappa shape index (κ2) is 9.44. The topological polar surface area (TPSA) is 63.3 Å². The average Bonchev–Trinajstić information content (AvgIpc) is 3.30. The van der Waals surface area contributed by atoms with Gasteiger partial charge in [-0.15, -0.1) is 19.0 Å². The summed E-state index contributed by atoms with van der Waals surface area (Å²) in [6.45, 7) is 6.79. The van der Waals surface area contributed by atoms with Gasteiger partial charge in [-0.2, -0.15) is 5.10 Å². The van der Waals surface area contributed by atoms with E-state index in [0.717, 1.165) is 31.7 Å². The molecule has 2 aromatic heterocycles. The Morgan fingerprint density at radius 1 is 1.52 bits per heavy atom.